The van der Waals surface area contributed by atoms with Crippen LogP contribution in [0.4, 0.5) is 0 Å². The van der Waals surface area contributed by atoms with Crippen molar-refractivity contribution in [3.05, 3.63) is 60.3 Å². The van der Waals surface area contributed by atoms with E-state index in [9.17, 15) is 5.11 Å². The number of aliphatic hydroxyl groups excluding tert-OH is 1. The van der Waals surface area contributed by atoms with E-state index in [-0.39, 0.29) is 5.41 Å². The van der Waals surface area contributed by atoms with Crippen molar-refractivity contribution in [2.75, 3.05) is 6.54 Å². The van der Waals surface area contributed by atoms with Gasteiger partial charge in [0.05, 0.1) is 6.10 Å². The van der Waals surface area contributed by atoms with E-state index < -0.39 is 6.10 Å². The Morgan fingerprint density at radius 2 is 2.17 bits per heavy atom. The summed E-state index contributed by atoms with van der Waals surface area (Å²) in [6.07, 6.45) is 9.16. The molecular formula is C18H28N4O2. The molecule has 0 aliphatic rings. The molecule has 0 amide bonds. The summed E-state index contributed by atoms with van der Waals surface area (Å²) in [4.78, 5) is 4.16. The van der Waals surface area contributed by atoms with Gasteiger partial charge < -0.3 is 20.6 Å². The van der Waals surface area contributed by atoms with Gasteiger partial charge in [-0.2, -0.15) is 0 Å². The molecule has 0 aliphatic heterocycles. The van der Waals surface area contributed by atoms with Crippen LogP contribution in [0.5, 0.6) is 5.88 Å². The lowest BCUT2D eigenvalue weighted by Gasteiger charge is -2.24. The van der Waals surface area contributed by atoms with Crippen molar-refractivity contribution >= 4 is 0 Å². The van der Waals surface area contributed by atoms with Gasteiger partial charge in [-0.05, 0) is 48.9 Å². The van der Waals surface area contributed by atoms with Gasteiger partial charge in [0.15, 0.2) is 0 Å². The SMILES string of the molecule is CC(O)c1cccnc1OC(/C=C/N)=C/C=C/N(N)CC(C)(C)C. The Bertz CT molecular complexity index is 601. The van der Waals surface area contributed by atoms with Crippen LogP contribution < -0.4 is 16.3 Å². The van der Waals surface area contributed by atoms with Gasteiger partial charge in [-0.3, -0.25) is 0 Å². The van der Waals surface area contributed by atoms with Crippen LogP contribution in [0, 0.1) is 5.41 Å². The molecule has 0 saturated carbocycles. The average molecular weight is 332 g/mol. The predicted octanol–water partition coefficient (Wildman–Crippen LogP) is 2.61. The van der Waals surface area contributed by atoms with Crippen LogP contribution in [0.25, 0.3) is 0 Å². The highest BCUT2D eigenvalue weighted by atomic mass is 16.5. The van der Waals surface area contributed by atoms with Crippen LogP contribution in [0.1, 0.15) is 39.4 Å². The predicted molar refractivity (Wildman–Crippen MR) is 96.4 cm³/mol. The summed E-state index contributed by atoms with van der Waals surface area (Å²) in [6, 6.07) is 3.51. The Morgan fingerprint density at radius 1 is 1.46 bits per heavy atom. The molecule has 6 nitrogen and oxygen atoms in total. The number of hydrogen-bond donors (Lipinski definition) is 3. The summed E-state index contributed by atoms with van der Waals surface area (Å²) in [5.41, 5.74) is 6.16. The first-order chi connectivity index (χ1) is 11.2. The Balaban J connectivity index is 2.88. The second-order valence-electron chi connectivity index (χ2n) is 6.68. The fourth-order valence-electron chi connectivity index (χ4n) is 1.99. The van der Waals surface area contributed by atoms with Gasteiger partial charge in [0, 0.05) is 24.5 Å². The number of hydrogen-bond acceptors (Lipinski definition) is 6. The highest BCUT2D eigenvalue weighted by Gasteiger charge is 2.12. The average Bonchev–Trinajstić information content (AvgIpc) is 2.45. The maximum absolute atomic E-state index is 9.78. The zero-order valence-corrected chi connectivity index (χ0v) is 14.8. The molecule has 0 fully saturated rings. The first-order valence-electron chi connectivity index (χ1n) is 7.82. The van der Waals surface area contributed by atoms with Gasteiger partial charge in [0.25, 0.3) is 0 Å². The first-order valence-corrected chi connectivity index (χ1v) is 7.82. The standard InChI is InChI=1S/C18H28N4O2/c1-14(23)16-8-5-11-21-17(16)24-15(9-10-19)7-6-12-22(20)13-18(2,3)4/h5-12,14,23H,13,19-20H2,1-4H3/b10-9+,12-6+,15-7+. The third-order valence-electron chi connectivity index (χ3n) is 2.92. The molecule has 24 heavy (non-hydrogen) atoms. The Labute approximate surface area is 144 Å². The third-order valence-corrected chi connectivity index (χ3v) is 2.92. The molecule has 5 N–H and O–H groups in total. The van der Waals surface area contributed by atoms with E-state index >= 15 is 0 Å². The van der Waals surface area contributed by atoms with Crippen molar-refractivity contribution in [3.63, 3.8) is 0 Å². The number of nitrogens with zero attached hydrogens (tertiary/aromatic N) is 2. The molecule has 0 aromatic carbocycles. The third kappa shape index (κ3) is 7.30. The lowest BCUT2D eigenvalue weighted by Crippen LogP contribution is -2.33. The molecule has 1 aromatic heterocycles. The topological polar surface area (TPSA) is 97.6 Å². The fourth-order valence-corrected chi connectivity index (χ4v) is 1.99. The zero-order chi connectivity index (χ0) is 18.2. The maximum Gasteiger partial charge on any atom is 0.225 e. The van der Waals surface area contributed by atoms with Gasteiger partial charge in [-0.15, -0.1) is 0 Å². The molecule has 0 bridgehead atoms. The van der Waals surface area contributed by atoms with E-state index in [1.165, 1.54) is 6.20 Å². The summed E-state index contributed by atoms with van der Waals surface area (Å²) in [5.74, 6) is 6.75. The smallest absolute Gasteiger partial charge is 0.225 e. The fraction of sp³-hybridized carbons (Fsp3) is 0.389. The molecule has 6 heteroatoms. The van der Waals surface area contributed by atoms with E-state index in [1.807, 2.05) is 0 Å². The van der Waals surface area contributed by atoms with Crippen molar-refractivity contribution in [3.8, 4) is 5.88 Å². The van der Waals surface area contributed by atoms with Crippen molar-refractivity contribution in [1.82, 2.24) is 9.99 Å². The number of aliphatic hydroxyl groups is 1. The summed E-state index contributed by atoms with van der Waals surface area (Å²) in [5, 5.41) is 11.4. The second kappa shape index (κ2) is 9.10. The lowest BCUT2D eigenvalue weighted by molar-refractivity contribution is 0.194. The molecule has 1 atom stereocenters. The van der Waals surface area contributed by atoms with Crippen LogP contribution in [-0.2, 0) is 0 Å². The molecule has 1 heterocycles. The number of pyridine rings is 1. The minimum absolute atomic E-state index is 0.0966. The van der Waals surface area contributed by atoms with Gasteiger partial charge >= 0.3 is 0 Å². The molecule has 1 unspecified atom stereocenters. The largest absolute Gasteiger partial charge is 0.439 e. The maximum atomic E-state index is 9.78. The van der Waals surface area contributed by atoms with Crippen LogP contribution in [0.3, 0.4) is 0 Å². The van der Waals surface area contributed by atoms with Crippen molar-refractivity contribution in [2.24, 2.45) is 17.0 Å². The van der Waals surface area contributed by atoms with Crippen LogP contribution in [-0.4, -0.2) is 21.6 Å². The lowest BCUT2D eigenvalue weighted by atomic mass is 9.97. The molecular weight excluding hydrogens is 304 g/mol. The van der Waals surface area contributed by atoms with Gasteiger partial charge in [-0.25, -0.2) is 10.8 Å². The Hall–Kier alpha value is -2.31. The number of rotatable bonds is 7. The molecule has 0 spiro atoms. The van der Waals surface area contributed by atoms with Crippen LogP contribution in [0.2, 0.25) is 0 Å². The second-order valence-corrected chi connectivity index (χ2v) is 6.68. The van der Waals surface area contributed by atoms with Crippen molar-refractivity contribution in [1.29, 1.82) is 0 Å². The van der Waals surface area contributed by atoms with E-state index in [4.69, 9.17) is 16.3 Å². The minimum atomic E-state index is -0.682. The van der Waals surface area contributed by atoms with Crippen molar-refractivity contribution in [2.45, 2.75) is 33.8 Å². The van der Waals surface area contributed by atoms with E-state index in [0.29, 0.717) is 23.7 Å². The summed E-state index contributed by atoms with van der Waals surface area (Å²) < 4.78 is 5.74. The molecule has 1 rings (SSSR count). The summed E-state index contributed by atoms with van der Waals surface area (Å²) in [6.45, 7) is 8.71. The number of ether oxygens (including phenoxy) is 1. The quantitative estimate of drug-likeness (QED) is 0.307. The summed E-state index contributed by atoms with van der Waals surface area (Å²) in [7, 11) is 0. The molecule has 132 valence electrons. The normalized spacial score (nSPS) is 14.3. The van der Waals surface area contributed by atoms with E-state index in [1.54, 1.807) is 54.7 Å². The first kappa shape index (κ1) is 19.7. The Kier molecular flexibility index (Phi) is 7.48. The highest BCUT2D eigenvalue weighted by Crippen LogP contribution is 2.23. The van der Waals surface area contributed by atoms with Gasteiger partial charge in [0.1, 0.15) is 5.76 Å². The minimum Gasteiger partial charge on any atom is -0.439 e. The number of nitrogens with two attached hydrogens (primary N) is 2. The molecule has 0 aliphatic carbocycles. The van der Waals surface area contributed by atoms with Crippen molar-refractivity contribution < 1.29 is 9.84 Å². The zero-order valence-electron chi connectivity index (χ0n) is 14.8. The van der Waals surface area contributed by atoms with Gasteiger partial charge in [-0.1, -0.05) is 20.8 Å². The summed E-state index contributed by atoms with van der Waals surface area (Å²) >= 11 is 0. The molecule has 1 aromatic rings. The number of aromatic nitrogens is 1. The Morgan fingerprint density at radius 3 is 2.75 bits per heavy atom. The monoisotopic (exact) mass is 332 g/mol. The van der Waals surface area contributed by atoms with E-state index in [0.717, 1.165) is 0 Å². The van der Waals surface area contributed by atoms with E-state index in [2.05, 4.69) is 25.8 Å². The van der Waals surface area contributed by atoms with Crippen LogP contribution >= 0.6 is 0 Å². The van der Waals surface area contributed by atoms with Crippen LogP contribution in [0.15, 0.2) is 54.7 Å². The van der Waals surface area contributed by atoms with Gasteiger partial charge in [0.2, 0.25) is 5.88 Å². The number of hydrazine groups is 1. The number of allylic oxidation sites excluding steroid dienone is 3. The molecule has 0 saturated heterocycles. The molecule has 0 radical (unpaired) electrons. The highest BCUT2D eigenvalue weighted by molar-refractivity contribution is 5.31.